The van der Waals surface area contributed by atoms with Crippen molar-refractivity contribution in [2.45, 2.75) is 13.0 Å². The Morgan fingerprint density at radius 1 is 0.929 bits per heavy atom. The van der Waals surface area contributed by atoms with E-state index < -0.39 is 0 Å². The van der Waals surface area contributed by atoms with Crippen molar-refractivity contribution in [1.29, 1.82) is 0 Å². The predicted molar refractivity (Wildman–Crippen MR) is 108 cm³/mol. The molecule has 0 bridgehead atoms. The Balaban J connectivity index is 1.32. The fourth-order valence-electron chi connectivity index (χ4n) is 4.23. The molecule has 1 saturated heterocycles. The molecule has 5 heterocycles. The molecule has 0 atom stereocenters. The Labute approximate surface area is 161 Å². The third-order valence-electron chi connectivity index (χ3n) is 5.72. The molecule has 2 aliphatic heterocycles. The summed E-state index contributed by atoms with van der Waals surface area (Å²) in [5.41, 5.74) is 5.33. The topological polar surface area (TPSA) is 70.4 Å². The number of nitrogens with zero attached hydrogens (tertiary/aromatic N) is 4. The van der Waals surface area contributed by atoms with Crippen molar-refractivity contribution in [3.8, 4) is 0 Å². The number of morpholine rings is 1. The number of anilines is 2. The van der Waals surface area contributed by atoms with Gasteiger partial charge in [-0.25, -0.2) is 4.98 Å². The molecule has 6 rings (SSSR count). The lowest BCUT2D eigenvalue weighted by molar-refractivity contribution is 0.120. The normalized spacial score (nSPS) is 17.4. The minimum absolute atomic E-state index is 0.639. The Bertz CT molecular complexity index is 1160. The number of rotatable bonds is 2. The van der Waals surface area contributed by atoms with Crippen LogP contribution in [0.1, 0.15) is 11.3 Å². The summed E-state index contributed by atoms with van der Waals surface area (Å²) in [6.07, 6.45) is 0.988. The van der Waals surface area contributed by atoms with E-state index in [2.05, 4.69) is 44.0 Å². The van der Waals surface area contributed by atoms with Crippen LogP contribution < -0.4 is 9.80 Å². The number of ether oxygens (including phenoxy) is 1. The second kappa shape index (κ2) is 6.24. The molecule has 7 nitrogen and oxygen atoms in total. The van der Waals surface area contributed by atoms with Gasteiger partial charge in [0.05, 0.1) is 13.2 Å². The van der Waals surface area contributed by atoms with Crippen LogP contribution in [-0.4, -0.2) is 47.8 Å². The van der Waals surface area contributed by atoms with Gasteiger partial charge >= 0.3 is 0 Å². The summed E-state index contributed by atoms with van der Waals surface area (Å²) in [5, 5.41) is 1.30. The SMILES string of the molecule is c1ccc2c3c([nH]c2c1)CCN(c1ccc2oc(N4CCOCC4)nc2n1)C3. The van der Waals surface area contributed by atoms with Crippen LogP contribution in [0.3, 0.4) is 0 Å². The zero-order valence-corrected chi connectivity index (χ0v) is 15.5. The minimum atomic E-state index is 0.639. The number of H-pyrrole nitrogens is 1. The lowest BCUT2D eigenvalue weighted by atomic mass is 10.0. The average molecular weight is 375 g/mol. The van der Waals surface area contributed by atoms with E-state index in [1.54, 1.807) is 0 Å². The monoisotopic (exact) mass is 375 g/mol. The molecular weight excluding hydrogens is 354 g/mol. The van der Waals surface area contributed by atoms with Crippen molar-refractivity contribution in [1.82, 2.24) is 15.0 Å². The van der Waals surface area contributed by atoms with Crippen LogP contribution in [0.5, 0.6) is 0 Å². The van der Waals surface area contributed by atoms with Gasteiger partial charge in [-0.3, -0.25) is 0 Å². The highest BCUT2D eigenvalue weighted by Crippen LogP contribution is 2.31. The Morgan fingerprint density at radius 2 is 1.82 bits per heavy atom. The first-order chi connectivity index (χ1) is 13.8. The van der Waals surface area contributed by atoms with Gasteiger partial charge in [-0.1, -0.05) is 18.2 Å². The summed E-state index contributed by atoms with van der Waals surface area (Å²) in [5.74, 6) is 0.949. The second-order valence-corrected chi connectivity index (χ2v) is 7.39. The number of hydrogen-bond donors (Lipinski definition) is 1. The van der Waals surface area contributed by atoms with Gasteiger partial charge in [0.15, 0.2) is 5.58 Å². The van der Waals surface area contributed by atoms with Crippen LogP contribution in [0.4, 0.5) is 11.8 Å². The molecule has 0 amide bonds. The lowest BCUT2D eigenvalue weighted by Crippen LogP contribution is -2.36. The van der Waals surface area contributed by atoms with E-state index in [1.807, 2.05) is 12.1 Å². The van der Waals surface area contributed by atoms with Gasteiger partial charge in [0.25, 0.3) is 6.01 Å². The summed E-state index contributed by atoms with van der Waals surface area (Å²) < 4.78 is 11.3. The van der Waals surface area contributed by atoms with Crippen LogP contribution in [0.15, 0.2) is 40.8 Å². The van der Waals surface area contributed by atoms with Gasteiger partial charge in [-0.2, -0.15) is 4.98 Å². The van der Waals surface area contributed by atoms with Gasteiger partial charge in [0.1, 0.15) is 5.82 Å². The molecule has 1 aromatic carbocycles. The Hall–Kier alpha value is -3.06. The molecule has 142 valence electrons. The fraction of sp³-hybridized carbons (Fsp3) is 0.333. The molecule has 28 heavy (non-hydrogen) atoms. The number of para-hydroxylation sites is 1. The van der Waals surface area contributed by atoms with E-state index in [-0.39, 0.29) is 0 Å². The molecule has 0 radical (unpaired) electrons. The van der Waals surface area contributed by atoms with Crippen molar-refractivity contribution in [3.63, 3.8) is 0 Å². The van der Waals surface area contributed by atoms with Crippen molar-refractivity contribution in [3.05, 3.63) is 47.7 Å². The molecule has 0 spiro atoms. The summed E-state index contributed by atoms with van der Waals surface area (Å²) in [6.45, 7) is 4.80. The molecule has 2 aliphatic rings. The standard InChI is InChI=1S/C21H21N5O2/c1-2-4-16-14(3-1)15-13-26(8-7-17(15)22-16)19-6-5-18-20(23-19)24-21(28-18)25-9-11-27-12-10-25/h1-6,22H,7-13H2. The number of oxazole rings is 1. The van der Waals surface area contributed by atoms with Crippen LogP contribution in [0, 0.1) is 0 Å². The third-order valence-corrected chi connectivity index (χ3v) is 5.72. The van der Waals surface area contributed by atoms with Crippen molar-refractivity contribution >= 4 is 34.0 Å². The minimum Gasteiger partial charge on any atom is -0.422 e. The molecule has 0 aliphatic carbocycles. The number of hydrogen-bond acceptors (Lipinski definition) is 6. The van der Waals surface area contributed by atoms with E-state index in [9.17, 15) is 0 Å². The van der Waals surface area contributed by atoms with Crippen LogP contribution in [-0.2, 0) is 17.7 Å². The van der Waals surface area contributed by atoms with Crippen LogP contribution in [0.2, 0.25) is 0 Å². The van der Waals surface area contributed by atoms with E-state index in [1.165, 1.54) is 22.2 Å². The quantitative estimate of drug-likeness (QED) is 0.581. The summed E-state index contributed by atoms with van der Waals surface area (Å²) in [4.78, 5) is 17.4. The largest absolute Gasteiger partial charge is 0.422 e. The number of benzene rings is 1. The molecule has 0 saturated carbocycles. The summed E-state index contributed by atoms with van der Waals surface area (Å²) in [6, 6.07) is 13.2. The van der Waals surface area contributed by atoms with Crippen molar-refractivity contribution < 1.29 is 9.15 Å². The molecule has 7 heteroatoms. The Morgan fingerprint density at radius 3 is 2.75 bits per heavy atom. The maximum Gasteiger partial charge on any atom is 0.300 e. The van der Waals surface area contributed by atoms with Crippen molar-refractivity contribution in [2.75, 3.05) is 42.6 Å². The molecule has 1 N–H and O–H groups in total. The number of nitrogens with one attached hydrogen (secondary N) is 1. The lowest BCUT2D eigenvalue weighted by Gasteiger charge is -2.28. The molecule has 3 aromatic heterocycles. The first kappa shape index (κ1) is 15.9. The van der Waals surface area contributed by atoms with Gasteiger partial charge in [-0.15, -0.1) is 0 Å². The smallest absolute Gasteiger partial charge is 0.300 e. The van der Waals surface area contributed by atoms with Gasteiger partial charge in [-0.05, 0) is 18.2 Å². The van der Waals surface area contributed by atoms with Gasteiger partial charge in [0, 0.05) is 54.8 Å². The van der Waals surface area contributed by atoms with Gasteiger partial charge in [0.2, 0.25) is 5.65 Å². The number of aromatic nitrogens is 3. The van der Waals surface area contributed by atoms with Crippen LogP contribution >= 0.6 is 0 Å². The highest BCUT2D eigenvalue weighted by Gasteiger charge is 2.23. The van der Waals surface area contributed by atoms with E-state index in [0.717, 1.165) is 44.0 Å². The molecule has 0 unspecified atom stereocenters. The van der Waals surface area contributed by atoms with Gasteiger partial charge < -0.3 is 23.9 Å². The maximum absolute atomic E-state index is 5.92. The molecule has 1 fully saturated rings. The third kappa shape index (κ3) is 2.54. The van der Waals surface area contributed by atoms with E-state index in [0.29, 0.717) is 24.9 Å². The first-order valence-corrected chi connectivity index (χ1v) is 9.79. The van der Waals surface area contributed by atoms with E-state index in [4.69, 9.17) is 14.1 Å². The Kier molecular flexibility index (Phi) is 3.55. The first-order valence-electron chi connectivity index (χ1n) is 9.79. The second-order valence-electron chi connectivity index (χ2n) is 7.39. The highest BCUT2D eigenvalue weighted by molar-refractivity contribution is 5.85. The zero-order chi connectivity index (χ0) is 18.5. The molecular formula is C21H21N5O2. The summed E-state index contributed by atoms with van der Waals surface area (Å²) >= 11 is 0. The fourth-order valence-corrected chi connectivity index (χ4v) is 4.23. The number of aromatic amines is 1. The zero-order valence-electron chi connectivity index (χ0n) is 15.5. The van der Waals surface area contributed by atoms with Crippen LogP contribution in [0.25, 0.3) is 22.1 Å². The number of pyridine rings is 1. The average Bonchev–Trinajstić information content (AvgIpc) is 3.34. The van der Waals surface area contributed by atoms with E-state index >= 15 is 0 Å². The van der Waals surface area contributed by atoms with Crippen molar-refractivity contribution in [2.24, 2.45) is 0 Å². The predicted octanol–water partition coefficient (Wildman–Crippen LogP) is 3.10. The number of fused-ring (bicyclic) bond motifs is 4. The summed E-state index contributed by atoms with van der Waals surface area (Å²) in [7, 11) is 0. The maximum atomic E-state index is 5.92. The molecule has 4 aromatic rings. The highest BCUT2D eigenvalue weighted by atomic mass is 16.5.